The van der Waals surface area contributed by atoms with Crippen molar-refractivity contribution in [3.8, 4) is 5.75 Å². The molecule has 2 aromatic carbocycles. The molecule has 0 radical (unpaired) electrons. The van der Waals surface area contributed by atoms with Gasteiger partial charge in [-0.3, -0.25) is 4.79 Å². The van der Waals surface area contributed by atoms with Gasteiger partial charge in [0.1, 0.15) is 11.6 Å². The largest absolute Gasteiger partial charge is 0.483 e. The maximum absolute atomic E-state index is 13.6. The van der Waals surface area contributed by atoms with E-state index in [0.717, 1.165) is 11.1 Å². The van der Waals surface area contributed by atoms with E-state index in [1.54, 1.807) is 6.07 Å². The molecule has 1 amide bonds. The Balaban J connectivity index is 1.96. The van der Waals surface area contributed by atoms with Gasteiger partial charge in [-0.2, -0.15) is 5.10 Å². The van der Waals surface area contributed by atoms with Crippen molar-refractivity contribution in [2.24, 2.45) is 5.10 Å². The summed E-state index contributed by atoms with van der Waals surface area (Å²) >= 11 is 5.88. The first-order valence-corrected chi connectivity index (χ1v) is 8.25. The standard InChI is InChI=1S/C19H20ClFN2O2/c1-12(2)14-8-7-13(3)9-18(14)25-11-19(24)23-22-10-15-16(20)5-4-6-17(15)21/h4-10,12H,11H2,1-3H3,(H,23,24)/b22-10-. The van der Waals surface area contributed by atoms with Crippen molar-refractivity contribution in [3.63, 3.8) is 0 Å². The van der Waals surface area contributed by atoms with E-state index in [-0.39, 0.29) is 23.1 Å². The predicted molar refractivity (Wildman–Crippen MR) is 97.9 cm³/mol. The molecule has 0 aromatic heterocycles. The molecule has 1 N–H and O–H groups in total. The van der Waals surface area contributed by atoms with Gasteiger partial charge >= 0.3 is 0 Å². The summed E-state index contributed by atoms with van der Waals surface area (Å²) in [4.78, 5) is 11.9. The fraction of sp³-hybridized carbons (Fsp3) is 0.263. The van der Waals surface area contributed by atoms with Gasteiger partial charge in [-0.05, 0) is 42.2 Å². The summed E-state index contributed by atoms with van der Waals surface area (Å²) < 4.78 is 19.2. The Labute approximate surface area is 151 Å². The second kappa shape index (κ2) is 8.62. The molecule has 6 heteroatoms. The Morgan fingerprint density at radius 1 is 1.36 bits per heavy atom. The number of hydrazone groups is 1. The van der Waals surface area contributed by atoms with Crippen LogP contribution in [0.4, 0.5) is 4.39 Å². The summed E-state index contributed by atoms with van der Waals surface area (Å²) in [6, 6.07) is 10.2. The molecule has 4 nitrogen and oxygen atoms in total. The van der Waals surface area contributed by atoms with Gasteiger partial charge in [-0.15, -0.1) is 0 Å². The Kier molecular flexibility index (Phi) is 6.53. The summed E-state index contributed by atoms with van der Waals surface area (Å²) in [5, 5.41) is 3.94. The molecule has 25 heavy (non-hydrogen) atoms. The summed E-state index contributed by atoms with van der Waals surface area (Å²) in [6.07, 6.45) is 1.17. The third kappa shape index (κ3) is 5.29. The number of hydrogen-bond acceptors (Lipinski definition) is 3. The van der Waals surface area contributed by atoms with Crippen LogP contribution >= 0.6 is 11.6 Å². The number of nitrogens with zero attached hydrogens (tertiary/aromatic N) is 1. The zero-order valence-electron chi connectivity index (χ0n) is 14.3. The second-order valence-corrected chi connectivity index (χ2v) is 6.32. The van der Waals surface area contributed by atoms with E-state index in [9.17, 15) is 9.18 Å². The number of halogens is 2. The van der Waals surface area contributed by atoms with Gasteiger partial charge in [0.05, 0.1) is 11.2 Å². The quantitative estimate of drug-likeness (QED) is 0.610. The summed E-state index contributed by atoms with van der Waals surface area (Å²) in [7, 11) is 0. The van der Waals surface area contributed by atoms with Crippen molar-refractivity contribution >= 4 is 23.7 Å². The maximum Gasteiger partial charge on any atom is 0.277 e. The van der Waals surface area contributed by atoms with Gasteiger partial charge in [0, 0.05) is 5.56 Å². The number of benzene rings is 2. The third-order valence-electron chi connectivity index (χ3n) is 3.53. The number of aryl methyl sites for hydroxylation is 1. The molecular formula is C19H20ClFN2O2. The molecule has 0 heterocycles. The second-order valence-electron chi connectivity index (χ2n) is 5.91. The van der Waals surface area contributed by atoms with E-state index in [4.69, 9.17) is 16.3 Å². The van der Waals surface area contributed by atoms with Crippen LogP contribution in [0.5, 0.6) is 5.75 Å². The van der Waals surface area contributed by atoms with Crippen LogP contribution in [0.2, 0.25) is 5.02 Å². The molecule has 0 aliphatic carbocycles. The minimum atomic E-state index is -0.511. The molecule has 0 bridgehead atoms. The first-order chi connectivity index (χ1) is 11.9. The Morgan fingerprint density at radius 3 is 2.80 bits per heavy atom. The fourth-order valence-corrected chi connectivity index (χ4v) is 2.43. The number of amides is 1. The normalized spacial score (nSPS) is 11.1. The fourth-order valence-electron chi connectivity index (χ4n) is 2.22. The highest BCUT2D eigenvalue weighted by Crippen LogP contribution is 2.27. The van der Waals surface area contributed by atoms with Crippen molar-refractivity contribution in [1.29, 1.82) is 0 Å². The van der Waals surface area contributed by atoms with Gasteiger partial charge in [0.2, 0.25) is 0 Å². The van der Waals surface area contributed by atoms with Gasteiger partial charge in [-0.25, -0.2) is 9.82 Å². The summed E-state index contributed by atoms with van der Waals surface area (Å²) in [5.74, 6) is -0.00540. The molecule has 2 aromatic rings. The van der Waals surface area contributed by atoms with Crippen molar-refractivity contribution in [1.82, 2.24) is 5.43 Å². The first kappa shape index (κ1) is 18.9. The molecule has 2 rings (SSSR count). The molecule has 0 unspecified atom stereocenters. The molecule has 132 valence electrons. The minimum absolute atomic E-state index is 0.117. The number of rotatable bonds is 6. The van der Waals surface area contributed by atoms with E-state index in [1.165, 1.54) is 18.3 Å². The lowest BCUT2D eigenvalue weighted by molar-refractivity contribution is -0.123. The summed E-state index contributed by atoms with van der Waals surface area (Å²) in [6.45, 7) is 5.88. The number of carbonyl (C=O) groups is 1. The van der Waals surface area contributed by atoms with Crippen LogP contribution < -0.4 is 10.2 Å². The predicted octanol–water partition coefficient (Wildman–Crippen LogP) is 4.44. The molecule has 0 spiro atoms. The summed E-state index contributed by atoms with van der Waals surface area (Å²) in [5.41, 5.74) is 4.49. The molecular weight excluding hydrogens is 343 g/mol. The highest BCUT2D eigenvalue weighted by molar-refractivity contribution is 6.33. The molecule has 0 saturated heterocycles. The lowest BCUT2D eigenvalue weighted by Gasteiger charge is -2.14. The first-order valence-electron chi connectivity index (χ1n) is 7.87. The highest BCUT2D eigenvalue weighted by Gasteiger charge is 2.10. The van der Waals surface area contributed by atoms with Crippen LogP contribution in [0.3, 0.4) is 0 Å². The van der Waals surface area contributed by atoms with Gasteiger partial charge in [0.25, 0.3) is 5.91 Å². The number of carbonyl (C=O) groups excluding carboxylic acids is 1. The molecule has 0 aliphatic rings. The lowest BCUT2D eigenvalue weighted by Crippen LogP contribution is -2.25. The molecule has 0 aliphatic heterocycles. The third-order valence-corrected chi connectivity index (χ3v) is 3.86. The van der Waals surface area contributed by atoms with E-state index in [2.05, 4.69) is 24.4 Å². The van der Waals surface area contributed by atoms with Gasteiger partial charge in [-0.1, -0.05) is 43.6 Å². The molecule has 0 atom stereocenters. The Morgan fingerprint density at radius 2 is 2.12 bits per heavy atom. The van der Waals surface area contributed by atoms with Crippen molar-refractivity contribution < 1.29 is 13.9 Å². The minimum Gasteiger partial charge on any atom is -0.483 e. The maximum atomic E-state index is 13.6. The van der Waals surface area contributed by atoms with Gasteiger partial charge < -0.3 is 4.74 Å². The van der Waals surface area contributed by atoms with Crippen molar-refractivity contribution in [3.05, 3.63) is 63.9 Å². The van der Waals surface area contributed by atoms with Crippen LogP contribution in [0.25, 0.3) is 0 Å². The SMILES string of the molecule is Cc1ccc(C(C)C)c(OCC(=O)N/N=C\c2c(F)cccc2Cl)c1. The monoisotopic (exact) mass is 362 g/mol. The van der Waals surface area contributed by atoms with E-state index < -0.39 is 11.7 Å². The van der Waals surface area contributed by atoms with Gasteiger partial charge in [0.15, 0.2) is 6.61 Å². The zero-order valence-corrected chi connectivity index (χ0v) is 15.1. The molecule has 0 saturated carbocycles. The molecule has 0 fully saturated rings. The van der Waals surface area contributed by atoms with Crippen LogP contribution in [0.1, 0.15) is 36.5 Å². The Bertz CT molecular complexity index is 771. The smallest absolute Gasteiger partial charge is 0.277 e. The lowest BCUT2D eigenvalue weighted by atomic mass is 10.0. The number of hydrogen-bond donors (Lipinski definition) is 1. The van der Waals surface area contributed by atoms with Crippen LogP contribution in [0.15, 0.2) is 41.5 Å². The van der Waals surface area contributed by atoms with Crippen LogP contribution in [-0.2, 0) is 4.79 Å². The zero-order chi connectivity index (χ0) is 18.4. The van der Waals surface area contributed by atoms with E-state index in [1.807, 2.05) is 25.1 Å². The van der Waals surface area contributed by atoms with E-state index >= 15 is 0 Å². The van der Waals surface area contributed by atoms with E-state index in [0.29, 0.717) is 5.75 Å². The number of nitrogens with one attached hydrogen (secondary N) is 1. The van der Waals surface area contributed by atoms with Crippen LogP contribution in [-0.4, -0.2) is 18.7 Å². The Hall–Kier alpha value is -2.40. The topological polar surface area (TPSA) is 50.7 Å². The van der Waals surface area contributed by atoms with Crippen molar-refractivity contribution in [2.75, 3.05) is 6.61 Å². The highest BCUT2D eigenvalue weighted by atomic mass is 35.5. The average molecular weight is 363 g/mol. The van der Waals surface area contributed by atoms with Crippen molar-refractivity contribution in [2.45, 2.75) is 26.7 Å². The van der Waals surface area contributed by atoms with Crippen LogP contribution in [0, 0.1) is 12.7 Å². The average Bonchev–Trinajstić information content (AvgIpc) is 2.55. The number of ether oxygens (including phenoxy) is 1.